The Kier molecular flexibility index (Phi) is 7.09. The van der Waals surface area contributed by atoms with Crippen LogP contribution in [0.3, 0.4) is 0 Å². The Labute approximate surface area is 181 Å². The van der Waals surface area contributed by atoms with Gasteiger partial charge >= 0.3 is 5.97 Å². The Morgan fingerprint density at radius 2 is 2.06 bits per heavy atom. The molecule has 2 amide bonds. The second-order valence-corrected chi connectivity index (χ2v) is 7.78. The van der Waals surface area contributed by atoms with Gasteiger partial charge in [0.1, 0.15) is 11.5 Å². The molecule has 0 spiro atoms. The first-order valence-corrected chi connectivity index (χ1v) is 10.5. The van der Waals surface area contributed by atoms with Crippen molar-refractivity contribution >= 4 is 17.8 Å². The predicted molar refractivity (Wildman–Crippen MR) is 113 cm³/mol. The van der Waals surface area contributed by atoms with E-state index in [4.69, 9.17) is 4.74 Å². The van der Waals surface area contributed by atoms with E-state index in [0.717, 1.165) is 0 Å². The number of ether oxygens (including phenoxy) is 1. The smallest absolute Gasteiger partial charge is 0.340 e. The topological polar surface area (TPSA) is 91.5 Å². The van der Waals surface area contributed by atoms with Crippen LogP contribution in [0.1, 0.15) is 57.4 Å². The van der Waals surface area contributed by atoms with Crippen LogP contribution >= 0.6 is 0 Å². The quantitative estimate of drug-likeness (QED) is 0.691. The third kappa shape index (κ3) is 5.13. The number of carbonyl (C=O) groups excluding carboxylic acids is 3. The standard InChI is InChI=1S/C23H28FN3O4/c1-4-31-23(30)19-14(2)20(26-15(19)3)22(29)27-10-6-8-17(13-27)21(28)25-12-16-7-5-9-18(24)11-16/h5,7,9,11,17,26H,4,6,8,10,12-13H2,1-3H3,(H,25,28). The highest BCUT2D eigenvalue weighted by molar-refractivity contribution is 6.00. The molecule has 1 aliphatic rings. The first kappa shape index (κ1) is 22.5. The third-order valence-corrected chi connectivity index (χ3v) is 5.57. The molecular weight excluding hydrogens is 401 g/mol. The molecule has 1 fully saturated rings. The summed E-state index contributed by atoms with van der Waals surface area (Å²) in [4.78, 5) is 42.6. The van der Waals surface area contributed by atoms with E-state index >= 15 is 0 Å². The highest BCUT2D eigenvalue weighted by atomic mass is 19.1. The van der Waals surface area contributed by atoms with Crippen LogP contribution in [0.4, 0.5) is 4.39 Å². The number of amides is 2. The number of aromatic amines is 1. The lowest BCUT2D eigenvalue weighted by molar-refractivity contribution is -0.126. The van der Waals surface area contributed by atoms with Gasteiger partial charge in [-0.2, -0.15) is 0 Å². The van der Waals surface area contributed by atoms with Crippen LogP contribution in [0.25, 0.3) is 0 Å². The minimum Gasteiger partial charge on any atom is -0.462 e. The number of rotatable bonds is 6. The molecule has 1 aromatic carbocycles. The second-order valence-electron chi connectivity index (χ2n) is 7.78. The average molecular weight is 429 g/mol. The Hall–Kier alpha value is -3.16. The van der Waals surface area contributed by atoms with Gasteiger partial charge in [-0.25, -0.2) is 9.18 Å². The van der Waals surface area contributed by atoms with Crippen LogP contribution in [0.5, 0.6) is 0 Å². The summed E-state index contributed by atoms with van der Waals surface area (Å²) in [7, 11) is 0. The fraction of sp³-hybridized carbons (Fsp3) is 0.435. The molecule has 1 atom stereocenters. The number of halogens is 1. The van der Waals surface area contributed by atoms with Crippen LogP contribution in [0.15, 0.2) is 24.3 Å². The van der Waals surface area contributed by atoms with Gasteiger partial charge in [-0.3, -0.25) is 9.59 Å². The minimum atomic E-state index is -0.457. The molecule has 1 aromatic heterocycles. The van der Waals surface area contributed by atoms with Crippen molar-refractivity contribution < 1.29 is 23.5 Å². The summed E-state index contributed by atoms with van der Waals surface area (Å²) in [6, 6.07) is 6.09. The van der Waals surface area contributed by atoms with Crippen molar-refractivity contribution in [2.24, 2.45) is 5.92 Å². The van der Waals surface area contributed by atoms with E-state index in [1.165, 1.54) is 12.1 Å². The Morgan fingerprint density at radius 1 is 1.29 bits per heavy atom. The van der Waals surface area contributed by atoms with E-state index in [2.05, 4.69) is 10.3 Å². The summed E-state index contributed by atoms with van der Waals surface area (Å²) >= 11 is 0. The van der Waals surface area contributed by atoms with E-state index < -0.39 is 5.97 Å². The number of H-pyrrole nitrogens is 1. The molecular formula is C23H28FN3O4. The van der Waals surface area contributed by atoms with Crippen LogP contribution in [-0.2, 0) is 16.1 Å². The maximum atomic E-state index is 13.3. The molecule has 8 heteroatoms. The van der Waals surface area contributed by atoms with Gasteiger partial charge in [0.05, 0.1) is 18.1 Å². The summed E-state index contributed by atoms with van der Waals surface area (Å²) < 4.78 is 18.4. The summed E-state index contributed by atoms with van der Waals surface area (Å²) in [6.07, 6.45) is 1.38. The SMILES string of the molecule is CCOC(=O)c1c(C)[nH]c(C(=O)N2CCCC(C(=O)NCc3cccc(F)c3)C2)c1C. The highest BCUT2D eigenvalue weighted by Crippen LogP contribution is 2.24. The first-order chi connectivity index (χ1) is 14.8. The number of aromatic nitrogens is 1. The van der Waals surface area contributed by atoms with Crippen LogP contribution < -0.4 is 5.32 Å². The van der Waals surface area contributed by atoms with Crippen molar-refractivity contribution in [3.63, 3.8) is 0 Å². The second kappa shape index (κ2) is 9.76. The molecule has 2 aromatic rings. The molecule has 0 saturated carbocycles. The number of hydrogen-bond acceptors (Lipinski definition) is 4. The fourth-order valence-corrected chi connectivity index (χ4v) is 3.99. The van der Waals surface area contributed by atoms with Crippen LogP contribution in [0.2, 0.25) is 0 Å². The van der Waals surface area contributed by atoms with Gasteiger partial charge < -0.3 is 19.9 Å². The Bertz CT molecular complexity index is 985. The monoisotopic (exact) mass is 429 g/mol. The molecule has 31 heavy (non-hydrogen) atoms. The van der Waals surface area contributed by atoms with Crippen molar-refractivity contribution in [2.75, 3.05) is 19.7 Å². The minimum absolute atomic E-state index is 0.159. The number of carbonyl (C=O) groups is 3. The molecule has 0 radical (unpaired) electrons. The van der Waals surface area contributed by atoms with E-state index in [1.54, 1.807) is 37.8 Å². The lowest BCUT2D eigenvalue weighted by atomic mass is 9.96. The summed E-state index contributed by atoms with van der Waals surface area (Å²) in [5.41, 5.74) is 2.55. The maximum Gasteiger partial charge on any atom is 0.340 e. The van der Waals surface area contributed by atoms with Crippen molar-refractivity contribution in [1.82, 2.24) is 15.2 Å². The van der Waals surface area contributed by atoms with Gasteiger partial charge in [0.15, 0.2) is 0 Å². The third-order valence-electron chi connectivity index (χ3n) is 5.57. The van der Waals surface area contributed by atoms with E-state index in [0.29, 0.717) is 54.0 Å². The maximum absolute atomic E-state index is 13.3. The lowest BCUT2D eigenvalue weighted by Gasteiger charge is -2.32. The molecule has 2 heterocycles. The molecule has 0 bridgehead atoms. The zero-order valence-electron chi connectivity index (χ0n) is 18.1. The number of nitrogens with one attached hydrogen (secondary N) is 2. The predicted octanol–water partition coefficient (Wildman–Crippen LogP) is 3.12. The molecule has 1 unspecified atom stereocenters. The van der Waals surface area contributed by atoms with Gasteiger partial charge in [0.25, 0.3) is 5.91 Å². The van der Waals surface area contributed by atoms with E-state index in [1.807, 2.05) is 0 Å². The average Bonchev–Trinajstić information content (AvgIpc) is 3.05. The van der Waals surface area contributed by atoms with Crippen molar-refractivity contribution in [2.45, 2.75) is 40.2 Å². The van der Waals surface area contributed by atoms with Gasteiger partial charge in [-0.05, 0) is 56.9 Å². The summed E-state index contributed by atoms with van der Waals surface area (Å²) in [5.74, 6) is -1.54. The molecule has 1 aliphatic heterocycles. The van der Waals surface area contributed by atoms with Crippen LogP contribution in [0, 0.1) is 25.6 Å². The number of nitrogens with zero attached hydrogens (tertiary/aromatic N) is 1. The zero-order valence-corrected chi connectivity index (χ0v) is 18.1. The molecule has 166 valence electrons. The lowest BCUT2D eigenvalue weighted by Crippen LogP contribution is -2.45. The largest absolute Gasteiger partial charge is 0.462 e. The fourth-order valence-electron chi connectivity index (χ4n) is 3.99. The van der Waals surface area contributed by atoms with Crippen molar-refractivity contribution in [1.29, 1.82) is 0 Å². The first-order valence-electron chi connectivity index (χ1n) is 10.5. The molecule has 2 N–H and O–H groups in total. The Balaban J connectivity index is 1.66. The summed E-state index contributed by atoms with van der Waals surface area (Å²) in [6.45, 7) is 6.50. The van der Waals surface area contributed by atoms with E-state index in [-0.39, 0.29) is 36.7 Å². The number of esters is 1. The number of benzene rings is 1. The van der Waals surface area contributed by atoms with E-state index in [9.17, 15) is 18.8 Å². The van der Waals surface area contributed by atoms with Gasteiger partial charge in [-0.15, -0.1) is 0 Å². The molecule has 1 saturated heterocycles. The number of aryl methyl sites for hydroxylation is 1. The van der Waals surface area contributed by atoms with Gasteiger partial charge in [0.2, 0.25) is 5.91 Å². The Morgan fingerprint density at radius 3 is 2.77 bits per heavy atom. The molecule has 7 nitrogen and oxygen atoms in total. The normalized spacial score (nSPS) is 16.1. The molecule has 0 aliphatic carbocycles. The highest BCUT2D eigenvalue weighted by Gasteiger charge is 2.31. The van der Waals surface area contributed by atoms with Crippen molar-refractivity contribution in [3.05, 3.63) is 58.2 Å². The van der Waals surface area contributed by atoms with Crippen molar-refractivity contribution in [3.8, 4) is 0 Å². The molecule has 3 rings (SSSR count). The van der Waals surface area contributed by atoms with Gasteiger partial charge in [-0.1, -0.05) is 12.1 Å². The number of likely N-dealkylation sites (tertiary alicyclic amines) is 1. The number of hydrogen-bond donors (Lipinski definition) is 2. The number of piperidine rings is 1. The van der Waals surface area contributed by atoms with Gasteiger partial charge in [0, 0.05) is 25.3 Å². The van der Waals surface area contributed by atoms with Crippen LogP contribution in [-0.4, -0.2) is 47.4 Å². The zero-order chi connectivity index (χ0) is 22.5. The summed E-state index contributed by atoms with van der Waals surface area (Å²) in [5, 5.41) is 2.84.